The number of carbonyl (C=O) groups is 1. The standard InChI is InChI=1S/C12H20N2O2S/c1-8(2)6-9(3)13-12-14-10(7-17-12)4-5-11(15)16/h7-9H,4-6H2,1-3H3,(H,13,14)(H,15,16). The summed E-state index contributed by atoms with van der Waals surface area (Å²) < 4.78 is 0. The molecule has 0 saturated heterocycles. The molecule has 0 radical (unpaired) electrons. The average Bonchev–Trinajstić information content (AvgIpc) is 2.61. The van der Waals surface area contributed by atoms with Crippen molar-refractivity contribution < 1.29 is 9.90 Å². The summed E-state index contributed by atoms with van der Waals surface area (Å²) >= 11 is 1.54. The van der Waals surface area contributed by atoms with Crippen LogP contribution in [0.4, 0.5) is 5.13 Å². The molecule has 1 aromatic heterocycles. The summed E-state index contributed by atoms with van der Waals surface area (Å²) in [5.74, 6) is -0.121. The summed E-state index contributed by atoms with van der Waals surface area (Å²) in [6, 6.07) is 0.397. The van der Waals surface area contributed by atoms with Crippen molar-refractivity contribution in [3.63, 3.8) is 0 Å². The van der Waals surface area contributed by atoms with E-state index in [-0.39, 0.29) is 6.42 Å². The topological polar surface area (TPSA) is 62.2 Å². The summed E-state index contributed by atoms with van der Waals surface area (Å²) in [5, 5.41) is 14.7. The fraction of sp³-hybridized carbons (Fsp3) is 0.667. The summed E-state index contributed by atoms with van der Waals surface area (Å²) in [6.45, 7) is 6.52. The number of hydrogen-bond donors (Lipinski definition) is 2. The molecule has 1 atom stereocenters. The van der Waals surface area contributed by atoms with E-state index in [1.54, 1.807) is 11.3 Å². The number of carboxylic acid groups (broad SMARTS) is 1. The number of hydrogen-bond acceptors (Lipinski definition) is 4. The molecule has 5 heteroatoms. The molecule has 96 valence electrons. The smallest absolute Gasteiger partial charge is 0.303 e. The Hall–Kier alpha value is -1.10. The molecular weight excluding hydrogens is 236 g/mol. The first-order valence-corrected chi connectivity index (χ1v) is 6.78. The number of anilines is 1. The maximum atomic E-state index is 10.4. The number of carboxylic acids is 1. The van der Waals surface area contributed by atoms with Crippen LogP contribution in [0.5, 0.6) is 0 Å². The minimum atomic E-state index is -0.777. The third-order valence-electron chi connectivity index (χ3n) is 2.34. The van der Waals surface area contributed by atoms with Gasteiger partial charge >= 0.3 is 5.97 Å². The Morgan fingerprint density at radius 2 is 2.24 bits per heavy atom. The van der Waals surface area contributed by atoms with Gasteiger partial charge in [0.05, 0.1) is 12.1 Å². The molecule has 0 saturated carbocycles. The van der Waals surface area contributed by atoms with Gasteiger partial charge in [0, 0.05) is 17.8 Å². The van der Waals surface area contributed by atoms with Gasteiger partial charge in [0.15, 0.2) is 5.13 Å². The van der Waals surface area contributed by atoms with Gasteiger partial charge in [-0.25, -0.2) is 4.98 Å². The van der Waals surface area contributed by atoms with Crippen LogP contribution in [0.3, 0.4) is 0 Å². The van der Waals surface area contributed by atoms with E-state index in [4.69, 9.17) is 5.11 Å². The molecule has 17 heavy (non-hydrogen) atoms. The molecule has 0 aromatic carbocycles. The SMILES string of the molecule is CC(C)CC(C)Nc1nc(CCC(=O)O)cs1. The third kappa shape index (κ3) is 5.68. The fourth-order valence-electron chi connectivity index (χ4n) is 1.70. The maximum absolute atomic E-state index is 10.4. The van der Waals surface area contributed by atoms with E-state index in [0.29, 0.717) is 18.4 Å². The van der Waals surface area contributed by atoms with Crippen LogP contribution in [0.15, 0.2) is 5.38 Å². The summed E-state index contributed by atoms with van der Waals surface area (Å²) in [6.07, 6.45) is 1.75. The van der Waals surface area contributed by atoms with E-state index in [0.717, 1.165) is 17.2 Å². The molecule has 1 heterocycles. The first-order valence-electron chi connectivity index (χ1n) is 5.90. The Balaban J connectivity index is 2.42. The largest absolute Gasteiger partial charge is 0.481 e. The molecule has 2 N–H and O–H groups in total. The molecule has 1 rings (SSSR count). The van der Waals surface area contributed by atoms with Gasteiger partial charge in [0.1, 0.15) is 0 Å². The van der Waals surface area contributed by atoms with Gasteiger partial charge in [-0.15, -0.1) is 11.3 Å². The second-order valence-corrected chi connectivity index (χ2v) is 5.57. The Morgan fingerprint density at radius 3 is 2.82 bits per heavy atom. The quantitative estimate of drug-likeness (QED) is 0.787. The Labute approximate surface area is 106 Å². The van der Waals surface area contributed by atoms with Crippen molar-refractivity contribution in [2.24, 2.45) is 5.92 Å². The molecule has 0 fully saturated rings. The van der Waals surface area contributed by atoms with Crippen molar-refractivity contribution in [2.75, 3.05) is 5.32 Å². The summed E-state index contributed by atoms with van der Waals surface area (Å²) in [5.41, 5.74) is 0.858. The van der Waals surface area contributed by atoms with E-state index in [9.17, 15) is 4.79 Å². The average molecular weight is 256 g/mol. The molecule has 4 nitrogen and oxygen atoms in total. The molecule has 0 bridgehead atoms. The highest BCUT2D eigenvalue weighted by Crippen LogP contribution is 2.19. The van der Waals surface area contributed by atoms with Crippen LogP contribution >= 0.6 is 11.3 Å². The van der Waals surface area contributed by atoms with Gasteiger partial charge in [-0.2, -0.15) is 0 Å². The molecule has 1 unspecified atom stereocenters. The maximum Gasteiger partial charge on any atom is 0.303 e. The minimum Gasteiger partial charge on any atom is -0.481 e. The highest BCUT2D eigenvalue weighted by molar-refractivity contribution is 7.13. The highest BCUT2D eigenvalue weighted by atomic mass is 32.1. The normalized spacial score (nSPS) is 12.7. The highest BCUT2D eigenvalue weighted by Gasteiger charge is 2.08. The van der Waals surface area contributed by atoms with Crippen molar-refractivity contribution in [3.05, 3.63) is 11.1 Å². The van der Waals surface area contributed by atoms with E-state index in [1.165, 1.54) is 0 Å². The number of aryl methyl sites for hydroxylation is 1. The van der Waals surface area contributed by atoms with Crippen LogP contribution in [0.2, 0.25) is 0 Å². The number of thiazole rings is 1. The van der Waals surface area contributed by atoms with Crippen molar-refractivity contribution in [2.45, 2.75) is 46.1 Å². The lowest BCUT2D eigenvalue weighted by Gasteiger charge is -2.14. The van der Waals surface area contributed by atoms with Gasteiger partial charge in [-0.1, -0.05) is 13.8 Å². The molecule has 0 aliphatic carbocycles. The van der Waals surface area contributed by atoms with Crippen molar-refractivity contribution >= 4 is 22.4 Å². The fourth-order valence-corrected chi connectivity index (χ4v) is 2.56. The predicted octanol–water partition coefficient (Wildman–Crippen LogP) is 3.01. The molecule has 0 aliphatic rings. The van der Waals surface area contributed by atoms with Gasteiger partial charge in [-0.05, 0) is 19.3 Å². The number of aromatic nitrogens is 1. The zero-order valence-corrected chi connectivity index (χ0v) is 11.4. The molecule has 0 spiro atoms. The summed E-state index contributed by atoms with van der Waals surface area (Å²) in [7, 11) is 0. The van der Waals surface area contributed by atoms with Gasteiger partial charge in [0.2, 0.25) is 0 Å². The zero-order chi connectivity index (χ0) is 12.8. The van der Waals surface area contributed by atoms with Crippen LogP contribution in [0.25, 0.3) is 0 Å². The Morgan fingerprint density at radius 1 is 1.53 bits per heavy atom. The first-order chi connectivity index (χ1) is 7.97. The monoisotopic (exact) mass is 256 g/mol. The number of nitrogens with zero attached hydrogens (tertiary/aromatic N) is 1. The third-order valence-corrected chi connectivity index (χ3v) is 3.16. The van der Waals surface area contributed by atoms with Crippen LogP contribution in [0.1, 0.15) is 39.3 Å². The van der Waals surface area contributed by atoms with Crippen molar-refractivity contribution in [1.29, 1.82) is 0 Å². The number of aliphatic carboxylic acids is 1. The van der Waals surface area contributed by atoms with Crippen LogP contribution in [-0.4, -0.2) is 22.1 Å². The van der Waals surface area contributed by atoms with Crippen molar-refractivity contribution in [1.82, 2.24) is 4.98 Å². The zero-order valence-electron chi connectivity index (χ0n) is 10.6. The lowest BCUT2D eigenvalue weighted by molar-refractivity contribution is -0.136. The Bertz CT molecular complexity index is 363. The second-order valence-electron chi connectivity index (χ2n) is 4.71. The van der Waals surface area contributed by atoms with Gasteiger partial charge in [-0.3, -0.25) is 4.79 Å². The Kier molecular flexibility index (Phi) is 5.41. The lowest BCUT2D eigenvalue weighted by atomic mass is 10.1. The van der Waals surface area contributed by atoms with Crippen LogP contribution < -0.4 is 5.32 Å². The van der Waals surface area contributed by atoms with Crippen LogP contribution in [-0.2, 0) is 11.2 Å². The molecular formula is C12H20N2O2S. The van der Waals surface area contributed by atoms with Crippen LogP contribution in [0, 0.1) is 5.92 Å². The number of rotatable bonds is 7. The number of nitrogens with one attached hydrogen (secondary N) is 1. The first kappa shape index (κ1) is 14.0. The molecule has 0 amide bonds. The van der Waals surface area contributed by atoms with E-state index in [1.807, 2.05) is 5.38 Å². The second kappa shape index (κ2) is 6.59. The predicted molar refractivity (Wildman–Crippen MR) is 70.6 cm³/mol. The van der Waals surface area contributed by atoms with E-state index >= 15 is 0 Å². The van der Waals surface area contributed by atoms with Crippen molar-refractivity contribution in [3.8, 4) is 0 Å². The van der Waals surface area contributed by atoms with Gasteiger partial charge in [0.25, 0.3) is 0 Å². The minimum absolute atomic E-state index is 0.144. The lowest BCUT2D eigenvalue weighted by Crippen LogP contribution is -2.17. The molecule has 0 aliphatic heterocycles. The molecule has 1 aromatic rings. The van der Waals surface area contributed by atoms with E-state index < -0.39 is 5.97 Å². The summed E-state index contributed by atoms with van der Waals surface area (Å²) in [4.78, 5) is 14.8. The van der Waals surface area contributed by atoms with E-state index in [2.05, 4.69) is 31.1 Å². The van der Waals surface area contributed by atoms with Gasteiger partial charge < -0.3 is 10.4 Å².